The van der Waals surface area contributed by atoms with Crippen LogP contribution in [0.25, 0.3) is 0 Å². The first kappa shape index (κ1) is 13.6. The van der Waals surface area contributed by atoms with E-state index in [1.54, 1.807) is 0 Å². The van der Waals surface area contributed by atoms with Gasteiger partial charge in [-0.15, -0.1) is 0 Å². The predicted octanol–water partition coefficient (Wildman–Crippen LogP) is 2.62. The molecule has 0 saturated carbocycles. The molecule has 2 heterocycles. The van der Waals surface area contributed by atoms with Crippen molar-refractivity contribution in [3.05, 3.63) is 29.3 Å². The highest BCUT2D eigenvalue weighted by molar-refractivity contribution is 6.02. The molecule has 2 aliphatic rings. The summed E-state index contributed by atoms with van der Waals surface area (Å²) in [5, 5.41) is 0. The third kappa shape index (κ3) is 2.24. The second kappa shape index (κ2) is 5.57. The molecule has 20 heavy (non-hydrogen) atoms. The number of carbonyl (C=O) groups is 1. The van der Waals surface area contributed by atoms with Crippen LogP contribution in [0.1, 0.15) is 37.8 Å². The molecule has 1 aromatic rings. The average molecular weight is 272 g/mol. The van der Waals surface area contributed by atoms with E-state index in [-0.39, 0.29) is 5.91 Å². The molecule has 0 aliphatic carbocycles. The van der Waals surface area contributed by atoms with Crippen molar-refractivity contribution in [3.8, 4) is 0 Å². The zero-order valence-corrected chi connectivity index (χ0v) is 12.6. The molecule has 1 unspecified atom stereocenters. The molecule has 2 aliphatic heterocycles. The molecular weight excluding hydrogens is 248 g/mol. The van der Waals surface area contributed by atoms with Gasteiger partial charge in [0.2, 0.25) is 5.91 Å². The Morgan fingerprint density at radius 1 is 1.20 bits per heavy atom. The number of carbonyl (C=O) groups excluding carboxylic acids is 1. The smallest absolute Gasteiger partial charge is 0.231 e. The van der Waals surface area contributed by atoms with Crippen LogP contribution in [-0.2, 0) is 17.6 Å². The number of benzene rings is 1. The molecule has 0 fully saturated rings. The Labute approximate surface area is 121 Å². The van der Waals surface area contributed by atoms with Gasteiger partial charge in [0.05, 0.1) is 12.1 Å². The Morgan fingerprint density at radius 3 is 2.60 bits per heavy atom. The molecule has 1 aromatic carbocycles. The van der Waals surface area contributed by atoms with E-state index in [4.69, 9.17) is 0 Å². The zero-order valence-electron chi connectivity index (χ0n) is 12.6. The lowest BCUT2D eigenvalue weighted by atomic mass is 9.95. The van der Waals surface area contributed by atoms with Crippen LogP contribution in [0, 0.1) is 0 Å². The number of para-hydroxylation sites is 1. The molecular formula is C17H24N2O. The number of rotatable bonds is 5. The summed E-state index contributed by atoms with van der Waals surface area (Å²) in [5.41, 5.74) is 3.81. The van der Waals surface area contributed by atoms with Gasteiger partial charge in [-0.2, -0.15) is 0 Å². The molecule has 1 atom stereocenters. The number of nitrogens with zero attached hydrogens (tertiary/aromatic N) is 2. The SMILES string of the molecule is CCCN(CCC)C1Cc2cccc3c2N(C1)C(=O)C3. The van der Waals surface area contributed by atoms with Crippen LogP contribution < -0.4 is 4.90 Å². The molecule has 3 rings (SSSR count). The van der Waals surface area contributed by atoms with Crippen LogP contribution in [0.15, 0.2) is 18.2 Å². The van der Waals surface area contributed by atoms with Gasteiger partial charge in [0.1, 0.15) is 0 Å². The van der Waals surface area contributed by atoms with Crippen LogP contribution in [0.2, 0.25) is 0 Å². The van der Waals surface area contributed by atoms with E-state index in [0.717, 1.165) is 26.1 Å². The summed E-state index contributed by atoms with van der Waals surface area (Å²) in [6.45, 7) is 7.62. The van der Waals surface area contributed by atoms with Crippen LogP contribution >= 0.6 is 0 Å². The fraction of sp³-hybridized carbons (Fsp3) is 0.588. The minimum atomic E-state index is 0.282. The topological polar surface area (TPSA) is 23.6 Å². The number of hydrogen-bond donors (Lipinski definition) is 0. The highest BCUT2D eigenvalue weighted by Crippen LogP contribution is 2.37. The van der Waals surface area contributed by atoms with Gasteiger partial charge < -0.3 is 4.90 Å². The first-order valence-electron chi connectivity index (χ1n) is 7.89. The van der Waals surface area contributed by atoms with Crippen molar-refractivity contribution in [1.29, 1.82) is 0 Å². The molecule has 0 bridgehead atoms. The minimum Gasteiger partial charge on any atom is -0.310 e. The average Bonchev–Trinajstić information content (AvgIpc) is 2.77. The standard InChI is InChI=1S/C17H24N2O/c1-3-8-18(9-4-2)15-10-13-6-5-7-14-11-16(20)19(12-15)17(13)14/h5-7,15H,3-4,8-12H2,1-2H3. The molecule has 0 saturated heterocycles. The number of amides is 1. The number of anilines is 1. The van der Waals surface area contributed by atoms with E-state index in [1.807, 2.05) is 4.90 Å². The van der Waals surface area contributed by atoms with Crippen molar-refractivity contribution in [2.75, 3.05) is 24.5 Å². The van der Waals surface area contributed by atoms with Crippen molar-refractivity contribution >= 4 is 11.6 Å². The maximum atomic E-state index is 12.2. The molecule has 0 aromatic heterocycles. The van der Waals surface area contributed by atoms with Gasteiger partial charge in [0, 0.05) is 12.6 Å². The summed E-state index contributed by atoms with van der Waals surface area (Å²) in [6, 6.07) is 6.90. The van der Waals surface area contributed by atoms with E-state index in [0.29, 0.717) is 12.5 Å². The lowest BCUT2D eigenvalue weighted by molar-refractivity contribution is -0.117. The van der Waals surface area contributed by atoms with Crippen molar-refractivity contribution in [3.63, 3.8) is 0 Å². The highest BCUT2D eigenvalue weighted by Gasteiger charge is 2.36. The van der Waals surface area contributed by atoms with Crippen molar-refractivity contribution in [1.82, 2.24) is 4.90 Å². The molecule has 1 amide bonds. The summed E-state index contributed by atoms with van der Waals surface area (Å²) in [5.74, 6) is 0.282. The predicted molar refractivity (Wildman–Crippen MR) is 82.1 cm³/mol. The van der Waals surface area contributed by atoms with Crippen LogP contribution in [-0.4, -0.2) is 36.5 Å². The highest BCUT2D eigenvalue weighted by atomic mass is 16.2. The summed E-state index contributed by atoms with van der Waals surface area (Å²) >= 11 is 0. The third-order valence-corrected chi connectivity index (χ3v) is 4.50. The van der Waals surface area contributed by atoms with Crippen molar-refractivity contribution in [2.45, 2.75) is 45.6 Å². The Morgan fingerprint density at radius 2 is 1.90 bits per heavy atom. The van der Waals surface area contributed by atoms with Gasteiger partial charge in [-0.1, -0.05) is 32.0 Å². The Kier molecular flexibility index (Phi) is 3.79. The van der Waals surface area contributed by atoms with E-state index < -0.39 is 0 Å². The number of hydrogen-bond acceptors (Lipinski definition) is 2. The van der Waals surface area contributed by atoms with Gasteiger partial charge in [0.15, 0.2) is 0 Å². The van der Waals surface area contributed by atoms with Gasteiger partial charge >= 0.3 is 0 Å². The summed E-state index contributed by atoms with van der Waals surface area (Å²) in [4.78, 5) is 16.8. The molecule has 3 nitrogen and oxygen atoms in total. The first-order valence-corrected chi connectivity index (χ1v) is 7.89. The van der Waals surface area contributed by atoms with E-state index in [1.165, 1.54) is 29.7 Å². The van der Waals surface area contributed by atoms with Gasteiger partial charge in [-0.05, 0) is 43.5 Å². The second-order valence-corrected chi connectivity index (χ2v) is 6.00. The maximum Gasteiger partial charge on any atom is 0.231 e. The van der Waals surface area contributed by atoms with Crippen LogP contribution in [0.4, 0.5) is 5.69 Å². The molecule has 0 N–H and O–H groups in total. The fourth-order valence-corrected chi connectivity index (χ4v) is 3.70. The van der Waals surface area contributed by atoms with E-state index in [2.05, 4.69) is 36.9 Å². The largest absolute Gasteiger partial charge is 0.310 e. The monoisotopic (exact) mass is 272 g/mol. The second-order valence-electron chi connectivity index (χ2n) is 6.00. The Bertz CT molecular complexity index is 506. The minimum absolute atomic E-state index is 0.282. The first-order chi connectivity index (χ1) is 9.74. The Hall–Kier alpha value is -1.35. The Balaban J connectivity index is 1.88. The normalized spacial score (nSPS) is 20.6. The summed E-state index contributed by atoms with van der Waals surface area (Å²) in [7, 11) is 0. The lowest BCUT2D eigenvalue weighted by Gasteiger charge is -2.38. The zero-order chi connectivity index (χ0) is 14.1. The summed E-state index contributed by atoms with van der Waals surface area (Å²) in [6.07, 6.45) is 4.04. The molecule has 108 valence electrons. The maximum absolute atomic E-state index is 12.2. The fourth-order valence-electron chi connectivity index (χ4n) is 3.70. The summed E-state index contributed by atoms with van der Waals surface area (Å²) < 4.78 is 0. The van der Waals surface area contributed by atoms with Gasteiger partial charge in [-0.3, -0.25) is 9.69 Å². The molecule has 3 heteroatoms. The molecule has 0 spiro atoms. The van der Waals surface area contributed by atoms with Gasteiger partial charge in [-0.25, -0.2) is 0 Å². The lowest BCUT2D eigenvalue weighted by Crippen LogP contribution is -2.49. The van der Waals surface area contributed by atoms with Crippen LogP contribution in [0.3, 0.4) is 0 Å². The van der Waals surface area contributed by atoms with E-state index >= 15 is 0 Å². The third-order valence-electron chi connectivity index (χ3n) is 4.50. The van der Waals surface area contributed by atoms with Crippen LogP contribution in [0.5, 0.6) is 0 Å². The molecule has 0 radical (unpaired) electrons. The van der Waals surface area contributed by atoms with Gasteiger partial charge in [0.25, 0.3) is 0 Å². The quantitative estimate of drug-likeness (QED) is 0.822. The van der Waals surface area contributed by atoms with Crippen molar-refractivity contribution in [2.24, 2.45) is 0 Å². The van der Waals surface area contributed by atoms with E-state index in [9.17, 15) is 4.79 Å². The van der Waals surface area contributed by atoms with Crippen molar-refractivity contribution < 1.29 is 4.79 Å².